The van der Waals surface area contributed by atoms with Crippen LogP contribution in [0.3, 0.4) is 0 Å². The molecule has 4 saturated carbocycles. The minimum Gasteiger partial charge on any atom is -0.749 e. The third kappa shape index (κ3) is 2.53. The van der Waals surface area contributed by atoms with Crippen molar-refractivity contribution in [3.8, 4) is 0 Å². The van der Waals surface area contributed by atoms with E-state index in [0.29, 0.717) is 25.7 Å². The van der Waals surface area contributed by atoms with Crippen LogP contribution in [-0.4, -0.2) is 34.0 Å². The van der Waals surface area contributed by atoms with Crippen LogP contribution in [0.15, 0.2) is 0 Å². The summed E-state index contributed by atoms with van der Waals surface area (Å²) in [5.74, 6) is 0.152. The zero-order valence-electron chi connectivity index (χ0n) is 17.4. The first-order chi connectivity index (χ1) is 13.2. The second-order valence-corrected chi connectivity index (χ2v) is 13.2. The number of hydrogen-bond donors (Lipinski definition) is 0. The number of fused-ring (bicyclic) bond motifs is 4. The summed E-state index contributed by atoms with van der Waals surface area (Å²) >= 11 is -3.27. The topological polar surface area (TPSA) is 118 Å². The van der Waals surface area contributed by atoms with Crippen molar-refractivity contribution in [1.82, 2.24) is 0 Å². The molecule has 0 radical (unpaired) electrons. The van der Waals surface area contributed by atoms with Crippen LogP contribution in [0.2, 0.25) is 0 Å². The average molecular weight is 446 g/mol. The van der Waals surface area contributed by atoms with E-state index in [1.165, 1.54) is 0 Å². The molecule has 6 unspecified atom stereocenters. The Morgan fingerprint density at radius 1 is 1.03 bits per heavy atom. The Morgan fingerprint density at radius 2 is 1.59 bits per heavy atom. The van der Waals surface area contributed by atoms with Gasteiger partial charge in [0.25, 0.3) is 10.1 Å². The van der Waals surface area contributed by atoms with Crippen LogP contribution >= 0.6 is 0 Å². The Morgan fingerprint density at radius 3 is 2.00 bits per heavy atom. The van der Waals surface area contributed by atoms with Gasteiger partial charge in [0.1, 0.15) is 28.2 Å². The van der Waals surface area contributed by atoms with Gasteiger partial charge in [0.15, 0.2) is 0 Å². The third-order valence-electron chi connectivity index (χ3n) is 9.71. The van der Waals surface area contributed by atoms with Crippen LogP contribution in [0.5, 0.6) is 0 Å². The predicted molar refractivity (Wildman–Crippen MR) is 104 cm³/mol. The standard InChI is InChI=1S/C20H30O7S2/c1-17(2)12-5-7-19(17,14(21)9-12)11-16(29(25,26)27-28(23)24)20-8-6-13(10-15(20)22)18(20,3)4/h12-13,16H,5-11H2,1-4H3,(H,23,24)/p-1. The minimum absolute atomic E-state index is 0.0383. The van der Waals surface area contributed by atoms with E-state index < -0.39 is 48.4 Å². The van der Waals surface area contributed by atoms with Crippen LogP contribution in [0.25, 0.3) is 0 Å². The highest BCUT2D eigenvalue weighted by Gasteiger charge is 2.73. The molecule has 29 heavy (non-hydrogen) atoms. The van der Waals surface area contributed by atoms with Gasteiger partial charge in [0.2, 0.25) is 0 Å². The molecule has 7 nitrogen and oxygen atoms in total. The molecule has 0 amide bonds. The van der Waals surface area contributed by atoms with E-state index in [-0.39, 0.29) is 29.8 Å². The van der Waals surface area contributed by atoms with E-state index in [1.807, 2.05) is 27.7 Å². The second-order valence-electron chi connectivity index (χ2n) is 10.7. The summed E-state index contributed by atoms with van der Waals surface area (Å²) in [5.41, 5.74) is -3.08. The van der Waals surface area contributed by atoms with Gasteiger partial charge in [0.05, 0.1) is 5.41 Å². The lowest BCUT2D eigenvalue weighted by Crippen LogP contribution is -2.54. The zero-order valence-corrected chi connectivity index (χ0v) is 19.0. The summed E-state index contributed by atoms with van der Waals surface area (Å²) in [6, 6.07) is 0. The highest BCUT2D eigenvalue weighted by Crippen LogP contribution is 2.71. The molecule has 164 valence electrons. The number of carbonyl (C=O) groups is 2. The summed E-state index contributed by atoms with van der Waals surface area (Å²) in [4.78, 5) is 26.3. The third-order valence-corrected chi connectivity index (χ3v) is 12.2. The SMILES string of the molecule is CC1(C)C2CCC1(CC(C13CCC(CC1=O)C3(C)C)S(=O)(=O)OS(=O)[O-])C(=O)C2. The van der Waals surface area contributed by atoms with Crippen LogP contribution < -0.4 is 0 Å². The molecule has 0 spiro atoms. The zero-order chi connectivity index (χ0) is 21.6. The van der Waals surface area contributed by atoms with Crippen molar-refractivity contribution >= 4 is 33.0 Å². The molecule has 4 rings (SSSR count). The van der Waals surface area contributed by atoms with Crippen LogP contribution in [0.4, 0.5) is 0 Å². The quantitative estimate of drug-likeness (QED) is 0.577. The Hall–Kier alpha value is -0.640. The number of carbonyl (C=O) groups excluding carboxylic acids is 2. The Kier molecular flexibility index (Phi) is 4.62. The van der Waals surface area contributed by atoms with Gasteiger partial charge in [0, 0.05) is 18.3 Å². The van der Waals surface area contributed by atoms with Gasteiger partial charge in [-0.15, -0.1) is 0 Å². The van der Waals surface area contributed by atoms with Gasteiger partial charge < -0.3 is 4.55 Å². The van der Waals surface area contributed by atoms with Gasteiger partial charge in [-0.25, -0.2) is 4.21 Å². The fourth-order valence-corrected chi connectivity index (χ4v) is 10.2. The van der Waals surface area contributed by atoms with Crippen molar-refractivity contribution in [2.75, 3.05) is 0 Å². The van der Waals surface area contributed by atoms with Gasteiger partial charge in [-0.2, -0.15) is 12.0 Å². The second kappa shape index (κ2) is 6.20. The molecular formula is C20H29O7S2-. The molecule has 0 saturated heterocycles. The molecule has 0 aromatic rings. The van der Waals surface area contributed by atoms with E-state index in [1.54, 1.807) is 0 Å². The first kappa shape index (κ1) is 21.6. The van der Waals surface area contributed by atoms with Gasteiger partial charge in [-0.05, 0) is 54.8 Å². The predicted octanol–water partition coefficient (Wildman–Crippen LogP) is 2.68. The summed E-state index contributed by atoms with van der Waals surface area (Å²) in [5, 5.41) is -1.34. The van der Waals surface area contributed by atoms with Crippen molar-refractivity contribution in [2.45, 2.75) is 77.9 Å². The van der Waals surface area contributed by atoms with E-state index in [2.05, 4.69) is 3.63 Å². The Bertz CT molecular complexity index is 906. The molecule has 4 bridgehead atoms. The van der Waals surface area contributed by atoms with Crippen LogP contribution in [-0.2, 0) is 34.7 Å². The van der Waals surface area contributed by atoms with Crippen molar-refractivity contribution in [3.63, 3.8) is 0 Å². The molecule has 6 atom stereocenters. The van der Waals surface area contributed by atoms with Crippen molar-refractivity contribution < 1.29 is 30.4 Å². The summed E-state index contributed by atoms with van der Waals surface area (Å²) in [6.45, 7) is 7.82. The van der Waals surface area contributed by atoms with E-state index >= 15 is 0 Å². The maximum Gasteiger partial charge on any atom is 0.283 e. The molecule has 0 aromatic heterocycles. The first-order valence-corrected chi connectivity index (χ1v) is 12.8. The summed E-state index contributed by atoms with van der Waals surface area (Å²) in [6.07, 6.45) is 3.19. The normalized spacial score (nSPS) is 41.8. The fraction of sp³-hybridized carbons (Fsp3) is 0.900. The molecule has 0 aliphatic heterocycles. The smallest absolute Gasteiger partial charge is 0.283 e. The average Bonchev–Trinajstić information content (AvgIpc) is 3.11. The molecule has 9 heteroatoms. The van der Waals surface area contributed by atoms with E-state index in [9.17, 15) is 26.8 Å². The first-order valence-electron chi connectivity index (χ1n) is 10.3. The maximum absolute atomic E-state index is 13.2. The minimum atomic E-state index is -4.63. The van der Waals surface area contributed by atoms with E-state index in [4.69, 9.17) is 0 Å². The van der Waals surface area contributed by atoms with Gasteiger partial charge >= 0.3 is 0 Å². The molecular weight excluding hydrogens is 416 g/mol. The molecule has 0 N–H and O–H groups in total. The lowest BCUT2D eigenvalue weighted by atomic mass is 9.59. The number of ketones is 2. The van der Waals surface area contributed by atoms with Crippen molar-refractivity contribution in [2.24, 2.45) is 33.5 Å². The summed E-state index contributed by atoms with van der Waals surface area (Å²) < 4.78 is 53.4. The molecule has 0 heterocycles. The lowest BCUT2D eigenvalue weighted by Gasteiger charge is -2.46. The van der Waals surface area contributed by atoms with Crippen molar-refractivity contribution in [1.29, 1.82) is 0 Å². The highest BCUT2D eigenvalue weighted by atomic mass is 32.3. The maximum atomic E-state index is 13.2. The number of Topliss-reactive ketones (excluding diaryl/α,β-unsaturated/α-hetero) is 2. The number of hydrogen-bond acceptors (Lipinski definition) is 7. The monoisotopic (exact) mass is 445 g/mol. The largest absolute Gasteiger partial charge is 0.749 e. The molecule has 4 fully saturated rings. The highest BCUT2D eigenvalue weighted by molar-refractivity contribution is 7.95. The number of rotatable bonds is 6. The fourth-order valence-electron chi connectivity index (χ4n) is 7.68. The van der Waals surface area contributed by atoms with Crippen LogP contribution in [0, 0.1) is 33.5 Å². The van der Waals surface area contributed by atoms with Gasteiger partial charge in [-0.1, -0.05) is 27.7 Å². The van der Waals surface area contributed by atoms with Gasteiger partial charge in [-0.3, -0.25) is 9.59 Å². The molecule has 4 aliphatic carbocycles. The molecule has 4 aliphatic rings. The Labute approximate surface area is 175 Å². The lowest BCUT2D eigenvalue weighted by molar-refractivity contribution is -0.135. The van der Waals surface area contributed by atoms with E-state index in [0.717, 1.165) is 12.8 Å². The summed E-state index contributed by atoms with van der Waals surface area (Å²) in [7, 11) is -4.63. The Balaban J connectivity index is 1.87. The van der Waals surface area contributed by atoms with Crippen molar-refractivity contribution in [3.05, 3.63) is 0 Å². The van der Waals surface area contributed by atoms with Crippen LogP contribution in [0.1, 0.15) is 72.6 Å². The molecule has 0 aromatic carbocycles.